The molecule has 2 amide bonds. The zero-order valence-electron chi connectivity index (χ0n) is 13.1. The van der Waals surface area contributed by atoms with Gasteiger partial charge in [-0.3, -0.25) is 9.59 Å². The number of hydroxylamine groups is 2. The van der Waals surface area contributed by atoms with Crippen LogP contribution in [0.25, 0.3) is 0 Å². The third-order valence-corrected chi connectivity index (χ3v) is 3.01. The maximum absolute atomic E-state index is 11.8. The van der Waals surface area contributed by atoms with E-state index in [9.17, 15) is 14.4 Å². The fourth-order valence-electron chi connectivity index (χ4n) is 1.78. The van der Waals surface area contributed by atoms with Crippen molar-refractivity contribution in [3.8, 4) is 0 Å². The van der Waals surface area contributed by atoms with Crippen LogP contribution in [-0.2, 0) is 24.0 Å². The minimum Gasteiger partial charge on any atom is -0.375 e. The van der Waals surface area contributed by atoms with Crippen molar-refractivity contribution in [2.75, 3.05) is 6.61 Å². The van der Waals surface area contributed by atoms with Gasteiger partial charge in [0.2, 0.25) is 0 Å². The second-order valence-electron chi connectivity index (χ2n) is 6.57. The van der Waals surface area contributed by atoms with E-state index in [-0.39, 0.29) is 24.8 Å². The molecule has 0 aromatic heterocycles. The quantitative estimate of drug-likeness (QED) is 0.701. The summed E-state index contributed by atoms with van der Waals surface area (Å²) in [6.07, 6.45) is 0.749. The van der Waals surface area contributed by atoms with E-state index in [4.69, 9.17) is 15.3 Å². The Bertz CT molecular complexity index is 410. The van der Waals surface area contributed by atoms with E-state index in [1.165, 1.54) is 0 Å². The molecule has 21 heavy (non-hydrogen) atoms. The summed E-state index contributed by atoms with van der Waals surface area (Å²) >= 11 is 0. The first kappa shape index (κ1) is 17.6. The fraction of sp³-hybridized carbons (Fsp3) is 0.786. The lowest BCUT2D eigenvalue weighted by atomic mass is 10.0. The molecule has 0 bridgehead atoms. The van der Waals surface area contributed by atoms with Gasteiger partial charge in [-0.1, -0.05) is 0 Å². The third-order valence-electron chi connectivity index (χ3n) is 3.01. The summed E-state index contributed by atoms with van der Waals surface area (Å²) in [7, 11) is 0. The molecule has 0 saturated carbocycles. The number of hydrogen-bond acceptors (Lipinski definition) is 6. The Balaban J connectivity index is 2.41. The molecule has 0 aliphatic carbocycles. The normalized spacial score (nSPS) is 16.5. The SMILES string of the molecule is CC(C)(N)CCOC(C)(C)CC(=O)ON1C(=O)CCC1=O. The maximum atomic E-state index is 11.8. The Kier molecular flexibility index (Phi) is 5.47. The summed E-state index contributed by atoms with van der Waals surface area (Å²) in [5, 5.41) is 0.543. The Labute approximate surface area is 124 Å². The minimum absolute atomic E-state index is 0.0605. The number of hydrogen-bond donors (Lipinski definition) is 1. The van der Waals surface area contributed by atoms with Crippen LogP contribution >= 0.6 is 0 Å². The molecule has 0 aromatic carbocycles. The van der Waals surface area contributed by atoms with Crippen LogP contribution in [0.4, 0.5) is 0 Å². The first-order valence-corrected chi connectivity index (χ1v) is 7.00. The van der Waals surface area contributed by atoms with E-state index in [0.717, 1.165) is 0 Å². The van der Waals surface area contributed by atoms with Crippen molar-refractivity contribution in [1.29, 1.82) is 0 Å². The zero-order valence-corrected chi connectivity index (χ0v) is 13.1. The van der Waals surface area contributed by atoms with Crippen molar-refractivity contribution in [3.05, 3.63) is 0 Å². The van der Waals surface area contributed by atoms with Crippen LogP contribution in [0.5, 0.6) is 0 Å². The van der Waals surface area contributed by atoms with Gasteiger partial charge in [0.05, 0.1) is 12.0 Å². The molecule has 0 aromatic rings. The van der Waals surface area contributed by atoms with E-state index in [1.54, 1.807) is 13.8 Å². The lowest BCUT2D eigenvalue weighted by molar-refractivity contribution is -0.200. The van der Waals surface area contributed by atoms with Crippen LogP contribution in [0.3, 0.4) is 0 Å². The predicted octanol–water partition coefficient (Wildman–Crippen LogP) is 0.906. The molecule has 1 fully saturated rings. The number of amides is 2. The Morgan fingerprint density at radius 3 is 2.19 bits per heavy atom. The van der Waals surface area contributed by atoms with Crippen LogP contribution in [-0.4, -0.2) is 40.6 Å². The van der Waals surface area contributed by atoms with E-state index < -0.39 is 23.4 Å². The van der Waals surface area contributed by atoms with Crippen LogP contribution in [0.1, 0.15) is 53.4 Å². The summed E-state index contributed by atoms with van der Waals surface area (Å²) in [4.78, 5) is 39.3. The first-order chi connectivity index (χ1) is 9.50. The summed E-state index contributed by atoms with van der Waals surface area (Å²) < 4.78 is 5.63. The third kappa shape index (κ3) is 6.22. The zero-order chi connectivity index (χ0) is 16.3. The topological polar surface area (TPSA) is 98.9 Å². The van der Waals surface area contributed by atoms with Crippen LogP contribution < -0.4 is 5.73 Å². The van der Waals surface area contributed by atoms with E-state index in [1.807, 2.05) is 13.8 Å². The number of nitrogens with two attached hydrogens (primary N) is 1. The molecule has 1 rings (SSSR count). The summed E-state index contributed by atoms with van der Waals surface area (Å²) in [6, 6.07) is 0. The standard InChI is InChI=1S/C14H24N2O5/c1-13(2,15)7-8-20-14(3,4)9-12(19)21-16-10(17)5-6-11(16)18/h5-9,15H2,1-4H3. The van der Waals surface area contributed by atoms with Gasteiger partial charge in [-0.2, -0.15) is 0 Å². The van der Waals surface area contributed by atoms with Gasteiger partial charge < -0.3 is 15.3 Å². The largest absolute Gasteiger partial charge is 0.375 e. The predicted molar refractivity (Wildman–Crippen MR) is 74.7 cm³/mol. The summed E-state index contributed by atoms with van der Waals surface area (Å²) in [5.74, 6) is -1.65. The number of carbonyl (C=O) groups is 3. The van der Waals surface area contributed by atoms with Crippen LogP contribution in [0.15, 0.2) is 0 Å². The maximum Gasteiger partial charge on any atom is 0.336 e. The van der Waals surface area contributed by atoms with E-state index in [0.29, 0.717) is 18.1 Å². The second kappa shape index (κ2) is 6.53. The number of nitrogens with zero attached hydrogens (tertiary/aromatic N) is 1. The number of rotatable bonds is 7. The first-order valence-electron chi connectivity index (χ1n) is 7.00. The van der Waals surface area contributed by atoms with Crippen molar-refractivity contribution in [1.82, 2.24) is 5.06 Å². The van der Waals surface area contributed by atoms with Gasteiger partial charge in [0, 0.05) is 25.0 Å². The molecule has 1 saturated heterocycles. The van der Waals surface area contributed by atoms with Crippen molar-refractivity contribution < 1.29 is 24.0 Å². The van der Waals surface area contributed by atoms with Gasteiger partial charge in [0.15, 0.2) is 0 Å². The number of ether oxygens (including phenoxy) is 1. The van der Waals surface area contributed by atoms with Crippen LogP contribution in [0.2, 0.25) is 0 Å². The van der Waals surface area contributed by atoms with Crippen molar-refractivity contribution in [3.63, 3.8) is 0 Å². The van der Waals surface area contributed by atoms with Gasteiger partial charge >= 0.3 is 5.97 Å². The average Bonchev–Trinajstić information content (AvgIpc) is 2.57. The number of imide groups is 1. The Morgan fingerprint density at radius 2 is 1.71 bits per heavy atom. The minimum atomic E-state index is -0.756. The van der Waals surface area contributed by atoms with E-state index >= 15 is 0 Å². The highest BCUT2D eigenvalue weighted by molar-refractivity contribution is 6.01. The van der Waals surface area contributed by atoms with E-state index in [2.05, 4.69) is 0 Å². The highest BCUT2D eigenvalue weighted by atomic mass is 16.7. The van der Waals surface area contributed by atoms with Crippen molar-refractivity contribution >= 4 is 17.8 Å². The molecular formula is C14H24N2O5. The molecule has 0 unspecified atom stereocenters. The lowest BCUT2D eigenvalue weighted by Gasteiger charge is -2.27. The highest BCUT2D eigenvalue weighted by Crippen LogP contribution is 2.19. The molecule has 0 spiro atoms. The highest BCUT2D eigenvalue weighted by Gasteiger charge is 2.34. The smallest absolute Gasteiger partial charge is 0.336 e. The Morgan fingerprint density at radius 1 is 1.19 bits per heavy atom. The number of carbonyl (C=O) groups excluding carboxylic acids is 3. The van der Waals surface area contributed by atoms with Crippen molar-refractivity contribution in [2.24, 2.45) is 5.73 Å². The molecule has 7 nitrogen and oxygen atoms in total. The van der Waals surface area contributed by atoms with Gasteiger partial charge in [0.25, 0.3) is 11.8 Å². The monoisotopic (exact) mass is 300 g/mol. The lowest BCUT2D eigenvalue weighted by Crippen LogP contribution is -2.38. The molecular weight excluding hydrogens is 276 g/mol. The molecule has 1 aliphatic heterocycles. The second-order valence-corrected chi connectivity index (χ2v) is 6.57. The summed E-state index contributed by atoms with van der Waals surface area (Å²) in [6.45, 7) is 7.67. The molecule has 120 valence electrons. The molecule has 2 N–H and O–H groups in total. The molecule has 0 radical (unpaired) electrons. The summed E-state index contributed by atoms with van der Waals surface area (Å²) in [5.41, 5.74) is 4.75. The molecule has 0 atom stereocenters. The van der Waals surface area contributed by atoms with Gasteiger partial charge in [-0.05, 0) is 34.1 Å². The molecule has 7 heteroatoms. The van der Waals surface area contributed by atoms with Crippen LogP contribution in [0, 0.1) is 0 Å². The van der Waals surface area contributed by atoms with Gasteiger partial charge in [-0.25, -0.2) is 4.79 Å². The van der Waals surface area contributed by atoms with Gasteiger partial charge in [-0.15, -0.1) is 5.06 Å². The molecule has 1 heterocycles. The Hall–Kier alpha value is -1.47. The van der Waals surface area contributed by atoms with Gasteiger partial charge in [0.1, 0.15) is 0 Å². The van der Waals surface area contributed by atoms with Crippen molar-refractivity contribution in [2.45, 2.75) is 64.5 Å². The molecule has 1 aliphatic rings. The fourth-order valence-corrected chi connectivity index (χ4v) is 1.78. The average molecular weight is 300 g/mol.